The zero-order valence-corrected chi connectivity index (χ0v) is 15.3. The third-order valence-electron chi connectivity index (χ3n) is 1.09. The van der Waals surface area contributed by atoms with Gasteiger partial charge in [0.1, 0.15) is 0 Å². The summed E-state index contributed by atoms with van der Waals surface area (Å²) >= 11 is 1.17. The van der Waals surface area contributed by atoms with Crippen molar-refractivity contribution in [3.05, 3.63) is 16.0 Å². The van der Waals surface area contributed by atoms with Gasteiger partial charge in [0.25, 0.3) is 0 Å². The number of hydrogen-bond donors (Lipinski definition) is 0. The van der Waals surface area contributed by atoms with Crippen molar-refractivity contribution in [2.24, 2.45) is 3.34 Å². The van der Waals surface area contributed by atoms with Gasteiger partial charge in [-0.05, 0) is 0 Å². The SMILES string of the molecule is CC[N-]C.CC[N-]C.CC[N-]C.CC[N]=[Ta]. The fourth-order valence-electron chi connectivity index (χ4n) is 0. The van der Waals surface area contributed by atoms with Crippen LogP contribution < -0.4 is 0 Å². The van der Waals surface area contributed by atoms with Crippen LogP contribution in [0, 0.1) is 0 Å². The molecule has 0 amide bonds. The molecule has 0 aliphatic rings. The van der Waals surface area contributed by atoms with E-state index in [2.05, 4.69) is 19.3 Å². The molecule has 0 aromatic rings. The molecule has 0 spiro atoms. The molecule has 0 aromatic carbocycles. The van der Waals surface area contributed by atoms with Crippen molar-refractivity contribution in [2.75, 3.05) is 47.3 Å². The molecule has 0 radical (unpaired) electrons. The molecule has 4 nitrogen and oxygen atoms in total. The summed E-state index contributed by atoms with van der Waals surface area (Å²) in [4.78, 5) is 0. The Morgan fingerprint density at radius 3 is 0.875 bits per heavy atom. The molecule has 0 rings (SSSR count). The van der Waals surface area contributed by atoms with Gasteiger partial charge in [-0.1, -0.05) is 20.8 Å². The molecule has 16 heavy (non-hydrogen) atoms. The molecular formula is C11H29N4Ta-3. The molecule has 0 unspecified atom stereocenters. The summed E-state index contributed by atoms with van der Waals surface area (Å²) < 4.78 is 3.85. The van der Waals surface area contributed by atoms with E-state index in [-0.39, 0.29) is 0 Å². The summed E-state index contributed by atoms with van der Waals surface area (Å²) in [7, 11) is 5.42. The van der Waals surface area contributed by atoms with Crippen molar-refractivity contribution in [2.45, 2.75) is 27.7 Å². The topological polar surface area (TPSA) is 54.7 Å². The Kier molecular flexibility index (Phi) is 71.5. The van der Waals surface area contributed by atoms with E-state index in [1.54, 1.807) is 21.1 Å². The quantitative estimate of drug-likeness (QED) is 0.693. The molecule has 0 N–H and O–H groups in total. The normalized spacial score (nSPS) is 7.12. The number of hydrogen-bond acceptors (Lipinski definition) is 1. The molecule has 0 heterocycles. The summed E-state index contributed by atoms with van der Waals surface area (Å²) in [5.74, 6) is 0. The van der Waals surface area contributed by atoms with E-state index in [0.717, 1.165) is 26.2 Å². The van der Waals surface area contributed by atoms with Gasteiger partial charge in [0, 0.05) is 0 Å². The zero-order valence-electron chi connectivity index (χ0n) is 12.1. The molecular weight excluding hydrogens is 369 g/mol. The van der Waals surface area contributed by atoms with Crippen LogP contribution in [0.4, 0.5) is 0 Å². The van der Waals surface area contributed by atoms with E-state index in [9.17, 15) is 0 Å². The number of nitrogens with zero attached hydrogens (tertiary/aromatic N) is 4. The van der Waals surface area contributed by atoms with E-state index in [1.165, 1.54) is 20.9 Å². The molecule has 0 bridgehead atoms. The summed E-state index contributed by atoms with van der Waals surface area (Å²) in [5.41, 5.74) is 0. The molecule has 0 aliphatic carbocycles. The van der Waals surface area contributed by atoms with Crippen molar-refractivity contribution in [3.63, 3.8) is 0 Å². The fourth-order valence-corrected chi connectivity index (χ4v) is 0. The van der Waals surface area contributed by atoms with Crippen LogP contribution >= 0.6 is 0 Å². The second-order valence-corrected chi connectivity index (χ2v) is 3.37. The van der Waals surface area contributed by atoms with Crippen LogP contribution in [0.2, 0.25) is 0 Å². The molecule has 101 valence electrons. The Hall–Kier alpha value is 0.420. The van der Waals surface area contributed by atoms with Crippen LogP contribution in [0.1, 0.15) is 27.7 Å². The van der Waals surface area contributed by atoms with Gasteiger partial charge in [0.2, 0.25) is 0 Å². The predicted molar refractivity (Wildman–Crippen MR) is 72.4 cm³/mol. The van der Waals surface area contributed by atoms with Crippen LogP contribution in [-0.2, 0) is 20.9 Å². The summed E-state index contributed by atoms with van der Waals surface area (Å²) in [6.45, 7) is 11.9. The van der Waals surface area contributed by atoms with Crippen LogP contribution in [0.3, 0.4) is 0 Å². The molecule has 0 aromatic heterocycles. The van der Waals surface area contributed by atoms with Gasteiger partial charge in [-0.2, -0.15) is 40.8 Å². The Morgan fingerprint density at radius 1 is 0.750 bits per heavy atom. The van der Waals surface area contributed by atoms with E-state index < -0.39 is 0 Å². The first-order valence-electron chi connectivity index (χ1n) is 5.63. The van der Waals surface area contributed by atoms with Crippen molar-refractivity contribution in [1.29, 1.82) is 0 Å². The standard InChI is InChI=1S/3C3H8N.C2H5N.Ta/c3*1-3-4-2;1-2-3;/h3*3H2,1-2H3;2H2,1H3;/q3*-1;;. The first-order chi connectivity index (χ1) is 7.66. The molecule has 0 saturated carbocycles. The van der Waals surface area contributed by atoms with Crippen molar-refractivity contribution in [1.82, 2.24) is 0 Å². The Morgan fingerprint density at radius 2 is 0.875 bits per heavy atom. The average Bonchev–Trinajstić information content (AvgIpc) is 2.39. The number of rotatable bonds is 4. The molecule has 0 saturated heterocycles. The molecule has 0 aliphatic heterocycles. The summed E-state index contributed by atoms with van der Waals surface area (Å²) in [6.07, 6.45) is 0. The van der Waals surface area contributed by atoms with Gasteiger partial charge in [0.15, 0.2) is 0 Å². The predicted octanol–water partition coefficient (Wildman–Crippen LogP) is 3.77. The minimum absolute atomic E-state index is 0.944. The van der Waals surface area contributed by atoms with Gasteiger partial charge >= 0.3 is 37.7 Å². The zero-order chi connectivity index (χ0) is 13.7. The maximum atomic E-state index is 3.85. The molecule has 5 heteroatoms. The minimum atomic E-state index is 0.944. The van der Waals surface area contributed by atoms with E-state index in [0.29, 0.717) is 0 Å². The van der Waals surface area contributed by atoms with Gasteiger partial charge in [-0.15, -0.1) is 0 Å². The Labute approximate surface area is 115 Å². The van der Waals surface area contributed by atoms with Crippen molar-refractivity contribution >= 4 is 0 Å². The van der Waals surface area contributed by atoms with Gasteiger partial charge < -0.3 is 16.0 Å². The first-order valence-corrected chi connectivity index (χ1v) is 7.07. The van der Waals surface area contributed by atoms with E-state index in [1.807, 2.05) is 27.7 Å². The summed E-state index contributed by atoms with van der Waals surface area (Å²) in [6, 6.07) is 0. The van der Waals surface area contributed by atoms with Gasteiger partial charge in [0.05, 0.1) is 0 Å². The monoisotopic (exact) mass is 398 g/mol. The van der Waals surface area contributed by atoms with E-state index >= 15 is 0 Å². The fraction of sp³-hybridized carbons (Fsp3) is 1.00. The van der Waals surface area contributed by atoms with E-state index in [4.69, 9.17) is 0 Å². The van der Waals surface area contributed by atoms with Crippen molar-refractivity contribution in [3.8, 4) is 0 Å². The molecule has 0 fully saturated rings. The third-order valence-corrected chi connectivity index (χ3v) is 2.11. The molecule has 0 atom stereocenters. The third kappa shape index (κ3) is 133. The van der Waals surface area contributed by atoms with Gasteiger partial charge in [-0.3, -0.25) is 0 Å². The van der Waals surface area contributed by atoms with Crippen LogP contribution in [0.15, 0.2) is 3.34 Å². The summed E-state index contributed by atoms with van der Waals surface area (Å²) in [5, 5.41) is 11.2. The van der Waals surface area contributed by atoms with Crippen LogP contribution in [-0.4, -0.2) is 47.3 Å². The second-order valence-electron chi connectivity index (χ2n) is 2.36. The average molecular weight is 398 g/mol. The van der Waals surface area contributed by atoms with Crippen LogP contribution in [0.5, 0.6) is 0 Å². The Bertz CT molecular complexity index is 66.9. The maximum absolute atomic E-state index is 3.85. The second kappa shape index (κ2) is 45.2. The Balaban J connectivity index is -0.0000000600. The first kappa shape index (κ1) is 25.3. The van der Waals surface area contributed by atoms with Gasteiger partial charge in [-0.25, -0.2) is 0 Å². The van der Waals surface area contributed by atoms with Crippen molar-refractivity contribution < 1.29 is 20.9 Å². The van der Waals surface area contributed by atoms with Crippen LogP contribution in [0.25, 0.3) is 16.0 Å².